The standard InChI is InChI=1S/C22H20N4O/c1-15-12-16(2)26(25-15)21-11-10-19(14-23-21)22(27)24-13-18-8-5-7-17-6-3-4-9-20(17)18/h3-12,14H,13H2,1-2H3,(H,24,27). The summed E-state index contributed by atoms with van der Waals surface area (Å²) < 4.78 is 1.77. The Hall–Kier alpha value is -3.47. The van der Waals surface area contributed by atoms with Crippen molar-refractivity contribution in [1.29, 1.82) is 0 Å². The van der Waals surface area contributed by atoms with Gasteiger partial charge in [-0.1, -0.05) is 42.5 Å². The van der Waals surface area contributed by atoms with E-state index in [0.29, 0.717) is 17.9 Å². The summed E-state index contributed by atoms with van der Waals surface area (Å²) in [5.41, 5.74) is 3.56. The molecule has 0 aliphatic heterocycles. The summed E-state index contributed by atoms with van der Waals surface area (Å²) in [7, 11) is 0. The zero-order valence-corrected chi connectivity index (χ0v) is 15.3. The van der Waals surface area contributed by atoms with Crippen LogP contribution in [0, 0.1) is 13.8 Å². The molecule has 0 spiro atoms. The van der Waals surface area contributed by atoms with Gasteiger partial charge in [0.2, 0.25) is 0 Å². The molecule has 5 heteroatoms. The van der Waals surface area contributed by atoms with Crippen molar-refractivity contribution in [1.82, 2.24) is 20.1 Å². The maximum atomic E-state index is 12.5. The molecule has 2 heterocycles. The molecule has 5 nitrogen and oxygen atoms in total. The van der Waals surface area contributed by atoms with Crippen molar-refractivity contribution in [3.05, 3.63) is 89.4 Å². The van der Waals surface area contributed by atoms with Crippen molar-refractivity contribution in [2.75, 3.05) is 0 Å². The molecule has 4 aromatic rings. The quantitative estimate of drug-likeness (QED) is 0.602. The van der Waals surface area contributed by atoms with Crippen LogP contribution in [0.4, 0.5) is 0 Å². The smallest absolute Gasteiger partial charge is 0.253 e. The van der Waals surface area contributed by atoms with Gasteiger partial charge >= 0.3 is 0 Å². The van der Waals surface area contributed by atoms with E-state index < -0.39 is 0 Å². The maximum absolute atomic E-state index is 12.5. The summed E-state index contributed by atoms with van der Waals surface area (Å²) in [6.07, 6.45) is 1.59. The molecule has 0 aliphatic carbocycles. The maximum Gasteiger partial charge on any atom is 0.253 e. The van der Waals surface area contributed by atoms with Gasteiger partial charge in [0.05, 0.1) is 11.3 Å². The highest BCUT2D eigenvalue weighted by molar-refractivity contribution is 5.94. The van der Waals surface area contributed by atoms with Gasteiger partial charge in [0.1, 0.15) is 0 Å². The van der Waals surface area contributed by atoms with Crippen LogP contribution < -0.4 is 5.32 Å². The zero-order valence-electron chi connectivity index (χ0n) is 15.3. The second kappa shape index (κ2) is 7.03. The molecule has 2 aromatic heterocycles. The molecule has 0 saturated heterocycles. The van der Waals surface area contributed by atoms with E-state index in [1.807, 2.05) is 50.2 Å². The van der Waals surface area contributed by atoms with E-state index in [2.05, 4.69) is 33.6 Å². The van der Waals surface area contributed by atoms with Crippen LogP contribution in [-0.4, -0.2) is 20.7 Å². The molecule has 1 N–H and O–H groups in total. The van der Waals surface area contributed by atoms with E-state index in [4.69, 9.17) is 0 Å². The number of fused-ring (bicyclic) bond motifs is 1. The summed E-state index contributed by atoms with van der Waals surface area (Å²) in [5, 5.41) is 9.71. The third-order valence-electron chi connectivity index (χ3n) is 4.56. The summed E-state index contributed by atoms with van der Waals surface area (Å²) >= 11 is 0. The van der Waals surface area contributed by atoms with Gasteiger partial charge < -0.3 is 5.32 Å². The highest BCUT2D eigenvalue weighted by Crippen LogP contribution is 2.18. The number of rotatable bonds is 4. The van der Waals surface area contributed by atoms with Crippen molar-refractivity contribution < 1.29 is 4.79 Å². The molecule has 0 unspecified atom stereocenters. The van der Waals surface area contributed by atoms with Crippen LogP contribution in [-0.2, 0) is 6.54 Å². The largest absolute Gasteiger partial charge is 0.348 e. The van der Waals surface area contributed by atoms with E-state index in [0.717, 1.165) is 22.3 Å². The summed E-state index contributed by atoms with van der Waals surface area (Å²) in [6.45, 7) is 4.39. The first-order valence-electron chi connectivity index (χ1n) is 8.86. The first kappa shape index (κ1) is 17.0. The second-order valence-corrected chi connectivity index (χ2v) is 6.56. The van der Waals surface area contributed by atoms with Crippen molar-refractivity contribution in [2.24, 2.45) is 0 Å². The predicted molar refractivity (Wildman–Crippen MR) is 106 cm³/mol. The van der Waals surface area contributed by atoms with Crippen molar-refractivity contribution in [3.63, 3.8) is 0 Å². The average molecular weight is 356 g/mol. The topological polar surface area (TPSA) is 59.8 Å². The lowest BCUT2D eigenvalue weighted by Crippen LogP contribution is -2.23. The van der Waals surface area contributed by atoms with Gasteiger partial charge in [-0.3, -0.25) is 4.79 Å². The van der Waals surface area contributed by atoms with Gasteiger partial charge in [-0.25, -0.2) is 9.67 Å². The molecule has 0 aliphatic rings. The number of amides is 1. The SMILES string of the molecule is Cc1cc(C)n(-c2ccc(C(=O)NCc3cccc4ccccc34)cn2)n1. The monoisotopic (exact) mass is 356 g/mol. The third-order valence-corrected chi connectivity index (χ3v) is 4.56. The van der Waals surface area contributed by atoms with E-state index in [9.17, 15) is 4.79 Å². The van der Waals surface area contributed by atoms with E-state index >= 15 is 0 Å². The fraction of sp³-hybridized carbons (Fsp3) is 0.136. The van der Waals surface area contributed by atoms with Crippen molar-refractivity contribution in [3.8, 4) is 5.82 Å². The summed E-state index contributed by atoms with van der Waals surface area (Å²) in [6, 6.07) is 19.9. The fourth-order valence-corrected chi connectivity index (χ4v) is 3.23. The highest BCUT2D eigenvalue weighted by Gasteiger charge is 2.09. The normalized spacial score (nSPS) is 10.9. The lowest BCUT2D eigenvalue weighted by atomic mass is 10.0. The molecule has 0 fully saturated rings. The molecule has 0 radical (unpaired) electrons. The van der Waals surface area contributed by atoms with Gasteiger partial charge in [0, 0.05) is 18.4 Å². The Kier molecular flexibility index (Phi) is 4.42. The number of aryl methyl sites for hydroxylation is 2. The van der Waals surface area contributed by atoms with E-state index in [-0.39, 0.29) is 5.91 Å². The predicted octanol–water partition coefficient (Wildman–Crippen LogP) is 3.97. The van der Waals surface area contributed by atoms with Crippen molar-refractivity contribution in [2.45, 2.75) is 20.4 Å². The number of aromatic nitrogens is 3. The molecule has 2 aromatic carbocycles. The van der Waals surface area contributed by atoms with Crippen molar-refractivity contribution >= 4 is 16.7 Å². The van der Waals surface area contributed by atoms with E-state index in [1.165, 1.54) is 5.39 Å². The lowest BCUT2D eigenvalue weighted by molar-refractivity contribution is 0.0950. The average Bonchev–Trinajstić information content (AvgIpc) is 3.04. The number of nitrogens with zero attached hydrogens (tertiary/aromatic N) is 3. The number of carbonyl (C=O) groups excluding carboxylic acids is 1. The fourth-order valence-electron chi connectivity index (χ4n) is 3.23. The van der Waals surface area contributed by atoms with Crippen LogP contribution >= 0.6 is 0 Å². The van der Waals surface area contributed by atoms with Crippen LogP contribution in [0.3, 0.4) is 0 Å². The molecule has 27 heavy (non-hydrogen) atoms. The molecule has 1 amide bonds. The van der Waals surface area contributed by atoms with Crippen LogP contribution in [0.15, 0.2) is 66.9 Å². The Balaban J connectivity index is 1.49. The van der Waals surface area contributed by atoms with Crippen LogP contribution in [0.5, 0.6) is 0 Å². The highest BCUT2D eigenvalue weighted by atomic mass is 16.1. The second-order valence-electron chi connectivity index (χ2n) is 6.56. The zero-order chi connectivity index (χ0) is 18.8. The number of carbonyl (C=O) groups is 1. The van der Waals surface area contributed by atoms with Gasteiger partial charge in [-0.2, -0.15) is 5.10 Å². The first-order chi connectivity index (χ1) is 13.1. The van der Waals surface area contributed by atoms with Crippen LogP contribution in [0.1, 0.15) is 27.3 Å². The number of hydrogen-bond acceptors (Lipinski definition) is 3. The minimum absolute atomic E-state index is 0.143. The molecule has 0 bridgehead atoms. The number of benzene rings is 2. The molecular weight excluding hydrogens is 336 g/mol. The number of pyridine rings is 1. The number of hydrogen-bond donors (Lipinski definition) is 1. The van der Waals surface area contributed by atoms with Gasteiger partial charge in [0.15, 0.2) is 5.82 Å². The van der Waals surface area contributed by atoms with Gasteiger partial charge in [0.25, 0.3) is 5.91 Å². The van der Waals surface area contributed by atoms with Gasteiger partial charge in [-0.05, 0) is 48.4 Å². The Morgan fingerprint density at radius 1 is 1.04 bits per heavy atom. The van der Waals surface area contributed by atoms with Crippen LogP contribution in [0.2, 0.25) is 0 Å². The Labute approximate surface area is 157 Å². The third kappa shape index (κ3) is 3.44. The number of nitrogens with one attached hydrogen (secondary N) is 1. The Bertz CT molecular complexity index is 1110. The Morgan fingerprint density at radius 3 is 2.59 bits per heavy atom. The minimum Gasteiger partial charge on any atom is -0.348 e. The molecular formula is C22H20N4O. The first-order valence-corrected chi connectivity index (χ1v) is 8.86. The molecule has 4 rings (SSSR count). The summed E-state index contributed by atoms with van der Waals surface area (Å²) in [5.74, 6) is 0.557. The summed E-state index contributed by atoms with van der Waals surface area (Å²) in [4.78, 5) is 16.9. The minimum atomic E-state index is -0.143. The molecule has 134 valence electrons. The van der Waals surface area contributed by atoms with Gasteiger partial charge in [-0.15, -0.1) is 0 Å². The Morgan fingerprint density at radius 2 is 1.85 bits per heavy atom. The molecule has 0 atom stereocenters. The molecule has 0 saturated carbocycles. The van der Waals surface area contributed by atoms with E-state index in [1.54, 1.807) is 16.9 Å². The lowest BCUT2D eigenvalue weighted by Gasteiger charge is -2.09. The van der Waals surface area contributed by atoms with Crippen LogP contribution in [0.25, 0.3) is 16.6 Å².